The van der Waals surface area contributed by atoms with E-state index in [1.165, 1.54) is 7.11 Å². The Morgan fingerprint density at radius 1 is 1.37 bits per heavy atom. The molecule has 1 aliphatic rings. The van der Waals surface area contributed by atoms with Gasteiger partial charge in [-0.05, 0) is 19.8 Å². The second kappa shape index (κ2) is 5.29. The molecule has 0 saturated carbocycles. The summed E-state index contributed by atoms with van der Waals surface area (Å²) < 4.78 is 6.15. The molecule has 1 saturated heterocycles. The highest BCUT2D eigenvalue weighted by Crippen LogP contribution is 2.16. The molecule has 19 heavy (non-hydrogen) atoms. The zero-order chi connectivity index (χ0) is 14.0. The smallest absolute Gasteiger partial charge is 0.360 e. The van der Waals surface area contributed by atoms with Crippen LogP contribution in [0.1, 0.15) is 29.2 Å². The summed E-state index contributed by atoms with van der Waals surface area (Å²) in [4.78, 5) is 29.4. The summed E-state index contributed by atoms with van der Waals surface area (Å²) in [5, 5.41) is 0. The summed E-state index contributed by atoms with van der Waals surface area (Å²) in [6.45, 7) is 3.40. The Bertz CT molecular complexity index is 503. The molecule has 7 nitrogen and oxygen atoms in total. The maximum atomic E-state index is 12.1. The predicted molar refractivity (Wildman–Crippen MR) is 68.5 cm³/mol. The van der Waals surface area contributed by atoms with E-state index in [0.717, 1.165) is 25.9 Å². The van der Waals surface area contributed by atoms with Gasteiger partial charge in [-0.25, -0.2) is 9.78 Å². The van der Waals surface area contributed by atoms with Gasteiger partial charge in [0.1, 0.15) is 18.2 Å². The lowest BCUT2D eigenvalue weighted by molar-refractivity contribution is -0.130. The SMILES string of the molecule is COC(=O)c1nc(C)n(CC(=O)N2CCCC2)c1N. The molecule has 2 rings (SSSR count). The normalized spacial score (nSPS) is 14.7. The second-order valence-corrected chi connectivity index (χ2v) is 4.56. The quantitative estimate of drug-likeness (QED) is 0.788. The molecule has 0 spiro atoms. The van der Waals surface area contributed by atoms with Crippen molar-refractivity contribution in [3.05, 3.63) is 11.5 Å². The maximum absolute atomic E-state index is 12.1. The second-order valence-electron chi connectivity index (χ2n) is 4.56. The molecule has 0 radical (unpaired) electrons. The van der Waals surface area contributed by atoms with Crippen molar-refractivity contribution in [3.8, 4) is 0 Å². The van der Waals surface area contributed by atoms with Crippen LogP contribution >= 0.6 is 0 Å². The van der Waals surface area contributed by atoms with E-state index >= 15 is 0 Å². The standard InChI is InChI=1S/C12H18N4O3/c1-8-14-10(12(18)19-2)11(13)16(8)7-9(17)15-5-3-4-6-15/h3-7,13H2,1-2H3. The average Bonchev–Trinajstić information content (AvgIpc) is 3.01. The van der Waals surface area contributed by atoms with Crippen LogP contribution in [0.15, 0.2) is 0 Å². The number of aromatic nitrogens is 2. The molecule has 0 unspecified atom stereocenters. The number of nitrogens with two attached hydrogens (primary N) is 1. The fourth-order valence-electron chi connectivity index (χ4n) is 2.23. The number of amides is 1. The number of rotatable bonds is 3. The number of hydrogen-bond acceptors (Lipinski definition) is 5. The van der Waals surface area contributed by atoms with Crippen molar-refractivity contribution < 1.29 is 14.3 Å². The van der Waals surface area contributed by atoms with E-state index in [1.807, 2.05) is 0 Å². The lowest BCUT2D eigenvalue weighted by atomic mass is 10.4. The van der Waals surface area contributed by atoms with Crippen LogP contribution in [0.4, 0.5) is 5.82 Å². The molecule has 104 valence electrons. The summed E-state index contributed by atoms with van der Waals surface area (Å²) in [5.41, 5.74) is 5.92. The fourth-order valence-corrected chi connectivity index (χ4v) is 2.23. The minimum absolute atomic E-state index is 0.00103. The lowest BCUT2D eigenvalue weighted by Crippen LogP contribution is -2.31. The van der Waals surface area contributed by atoms with Gasteiger partial charge in [0.25, 0.3) is 0 Å². The van der Waals surface area contributed by atoms with Gasteiger partial charge in [0.15, 0.2) is 5.69 Å². The topological polar surface area (TPSA) is 90.4 Å². The third-order valence-corrected chi connectivity index (χ3v) is 3.33. The molecule has 7 heteroatoms. The molecule has 0 atom stereocenters. The van der Waals surface area contributed by atoms with Crippen molar-refractivity contribution in [2.75, 3.05) is 25.9 Å². The van der Waals surface area contributed by atoms with Gasteiger partial charge in [0.05, 0.1) is 7.11 Å². The van der Waals surface area contributed by atoms with Crippen LogP contribution in [0.25, 0.3) is 0 Å². The first-order chi connectivity index (χ1) is 9.04. The van der Waals surface area contributed by atoms with E-state index in [-0.39, 0.29) is 24.0 Å². The van der Waals surface area contributed by atoms with Crippen LogP contribution in [-0.4, -0.2) is 46.5 Å². The van der Waals surface area contributed by atoms with Crippen molar-refractivity contribution in [3.63, 3.8) is 0 Å². The average molecular weight is 266 g/mol. The maximum Gasteiger partial charge on any atom is 0.360 e. The van der Waals surface area contributed by atoms with Crippen molar-refractivity contribution in [1.82, 2.24) is 14.5 Å². The van der Waals surface area contributed by atoms with Gasteiger partial charge in [-0.1, -0.05) is 0 Å². The van der Waals surface area contributed by atoms with Crippen LogP contribution in [0, 0.1) is 6.92 Å². The number of carbonyl (C=O) groups is 2. The molecule has 0 bridgehead atoms. The Morgan fingerprint density at radius 2 is 2.00 bits per heavy atom. The Balaban J connectivity index is 2.18. The number of ether oxygens (including phenoxy) is 1. The Labute approximate surface area is 111 Å². The largest absolute Gasteiger partial charge is 0.464 e. The van der Waals surface area contributed by atoms with E-state index < -0.39 is 5.97 Å². The monoisotopic (exact) mass is 266 g/mol. The van der Waals surface area contributed by atoms with E-state index in [0.29, 0.717) is 5.82 Å². The summed E-state index contributed by atoms with van der Waals surface area (Å²) in [7, 11) is 1.27. The summed E-state index contributed by atoms with van der Waals surface area (Å²) in [6, 6.07) is 0. The van der Waals surface area contributed by atoms with Crippen LogP contribution < -0.4 is 5.73 Å². The number of nitrogen functional groups attached to an aromatic ring is 1. The fraction of sp³-hybridized carbons (Fsp3) is 0.583. The third-order valence-electron chi connectivity index (χ3n) is 3.33. The Morgan fingerprint density at radius 3 is 2.58 bits per heavy atom. The molecule has 0 aromatic carbocycles. The lowest BCUT2D eigenvalue weighted by Gasteiger charge is -2.16. The highest BCUT2D eigenvalue weighted by Gasteiger charge is 2.23. The number of esters is 1. The summed E-state index contributed by atoms with van der Waals surface area (Å²) in [5.74, 6) is 0.122. The minimum atomic E-state index is -0.590. The molecular weight excluding hydrogens is 248 g/mol. The molecule has 2 N–H and O–H groups in total. The first-order valence-corrected chi connectivity index (χ1v) is 6.23. The first kappa shape index (κ1) is 13.4. The predicted octanol–water partition coefficient (Wildman–Crippen LogP) is 0.183. The molecule has 1 aromatic rings. The van der Waals surface area contributed by atoms with Crippen molar-refractivity contribution >= 4 is 17.7 Å². The van der Waals surface area contributed by atoms with Crippen LogP contribution in [-0.2, 0) is 16.1 Å². The molecule has 1 amide bonds. The highest BCUT2D eigenvalue weighted by atomic mass is 16.5. The third kappa shape index (κ3) is 2.54. The number of likely N-dealkylation sites (tertiary alicyclic amines) is 1. The number of imidazole rings is 1. The number of anilines is 1. The minimum Gasteiger partial charge on any atom is -0.464 e. The molecule has 2 heterocycles. The molecule has 1 aromatic heterocycles. The van der Waals surface area contributed by atoms with Gasteiger partial charge in [0, 0.05) is 13.1 Å². The van der Waals surface area contributed by atoms with E-state index in [9.17, 15) is 9.59 Å². The molecule has 1 aliphatic heterocycles. The van der Waals surface area contributed by atoms with Crippen LogP contribution in [0.2, 0.25) is 0 Å². The number of carbonyl (C=O) groups excluding carboxylic acids is 2. The highest BCUT2D eigenvalue weighted by molar-refractivity contribution is 5.92. The summed E-state index contributed by atoms with van der Waals surface area (Å²) in [6.07, 6.45) is 2.08. The number of methoxy groups -OCH3 is 1. The van der Waals surface area contributed by atoms with Gasteiger partial charge < -0.3 is 19.9 Å². The van der Waals surface area contributed by atoms with Crippen LogP contribution in [0.3, 0.4) is 0 Å². The molecular formula is C12H18N4O3. The van der Waals surface area contributed by atoms with Gasteiger partial charge in [-0.3, -0.25) is 4.79 Å². The summed E-state index contributed by atoms with van der Waals surface area (Å²) >= 11 is 0. The molecule has 1 fully saturated rings. The van der Waals surface area contributed by atoms with Crippen LogP contribution in [0.5, 0.6) is 0 Å². The van der Waals surface area contributed by atoms with Gasteiger partial charge in [-0.2, -0.15) is 0 Å². The van der Waals surface area contributed by atoms with E-state index in [1.54, 1.807) is 16.4 Å². The van der Waals surface area contributed by atoms with Gasteiger partial charge in [0.2, 0.25) is 5.91 Å². The zero-order valence-corrected chi connectivity index (χ0v) is 11.2. The van der Waals surface area contributed by atoms with Crippen molar-refractivity contribution in [1.29, 1.82) is 0 Å². The van der Waals surface area contributed by atoms with Crippen molar-refractivity contribution in [2.45, 2.75) is 26.3 Å². The van der Waals surface area contributed by atoms with E-state index in [2.05, 4.69) is 9.72 Å². The molecule has 0 aliphatic carbocycles. The number of hydrogen-bond donors (Lipinski definition) is 1. The number of aryl methyl sites for hydroxylation is 1. The zero-order valence-electron chi connectivity index (χ0n) is 11.2. The first-order valence-electron chi connectivity index (χ1n) is 6.23. The van der Waals surface area contributed by atoms with Gasteiger partial charge in [-0.15, -0.1) is 0 Å². The Hall–Kier alpha value is -2.05. The van der Waals surface area contributed by atoms with Gasteiger partial charge >= 0.3 is 5.97 Å². The van der Waals surface area contributed by atoms with Crippen molar-refractivity contribution in [2.24, 2.45) is 0 Å². The number of nitrogens with zero attached hydrogens (tertiary/aromatic N) is 3. The Kier molecular flexibility index (Phi) is 3.73. The van der Waals surface area contributed by atoms with E-state index in [4.69, 9.17) is 5.73 Å².